The SMILES string of the molecule is CCNC(=NCc1ccc(NC(=O)OC)cc1)NCCc1nc(C(F)(F)F)cs1.I. The van der Waals surface area contributed by atoms with Crippen molar-refractivity contribution in [3.05, 3.63) is 45.9 Å². The number of nitrogens with zero attached hydrogens (tertiary/aromatic N) is 2. The van der Waals surface area contributed by atoms with Gasteiger partial charge in [0.15, 0.2) is 11.7 Å². The van der Waals surface area contributed by atoms with Crippen molar-refractivity contribution in [3.8, 4) is 0 Å². The third-order valence-electron chi connectivity index (χ3n) is 3.62. The Bertz CT molecular complexity index is 828. The van der Waals surface area contributed by atoms with E-state index in [2.05, 4.69) is 30.7 Å². The van der Waals surface area contributed by atoms with Crippen molar-refractivity contribution in [3.63, 3.8) is 0 Å². The van der Waals surface area contributed by atoms with Crippen LogP contribution in [0.2, 0.25) is 0 Å². The van der Waals surface area contributed by atoms with E-state index in [1.54, 1.807) is 12.1 Å². The van der Waals surface area contributed by atoms with Gasteiger partial charge in [-0.1, -0.05) is 12.1 Å². The Morgan fingerprint density at radius 2 is 1.93 bits per heavy atom. The van der Waals surface area contributed by atoms with Gasteiger partial charge in [-0.25, -0.2) is 14.8 Å². The number of amides is 1. The fourth-order valence-electron chi connectivity index (χ4n) is 2.22. The van der Waals surface area contributed by atoms with Crippen LogP contribution in [0.4, 0.5) is 23.7 Å². The van der Waals surface area contributed by atoms with E-state index in [0.717, 1.165) is 22.3 Å². The van der Waals surface area contributed by atoms with E-state index >= 15 is 0 Å². The number of anilines is 1. The molecule has 0 fully saturated rings. The molecule has 0 atom stereocenters. The minimum Gasteiger partial charge on any atom is -0.453 e. The zero-order chi connectivity index (χ0) is 21.3. The lowest BCUT2D eigenvalue weighted by Gasteiger charge is -2.11. The van der Waals surface area contributed by atoms with Gasteiger partial charge in [-0.3, -0.25) is 5.32 Å². The van der Waals surface area contributed by atoms with E-state index in [9.17, 15) is 18.0 Å². The number of halogens is 4. The molecule has 3 N–H and O–H groups in total. The van der Waals surface area contributed by atoms with E-state index in [1.165, 1.54) is 7.11 Å². The molecule has 2 aromatic rings. The molecule has 12 heteroatoms. The first-order chi connectivity index (χ1) is 13.8. The lowest BCUT2D eigenvalue weighted by molar-refractivity contribution is -0.140. The molecule has 0 spiro atoms. The van der Waals surface area contributed by atoms with Crippen LogP contribution in [-0.4, -0.2) is 37.2 Å². The number of carbonyl (C=O) groups is 1. The van der Waals surface area contributed by atoms with E-state index in [-0.39, 0.29) is 24.0 Å². The second-order valence-electron chi connectivity index (χ2n) is 5.81. The van der Waals surface area contributed by atoms with Crippen LogP contribution in [0.3, 0.4) is 0 Å². The first-order valence-electron chi connectivity index (χ1n) is 8.79. The standard InChI is InChI=1S/C18H22F3N5O2S.HI/c1-3-22-16(23-9-8-15-26-14(11-29-15)18(19,20)21)24-10-12-4-6-13(7-5-12)25-17(27)28-2;/h4-7,11H,3,8-10H2,1-2H3,(H,25,27)(H2,22,23,24);1H. The highest BCUT2D eigenvalue weighted by Crippen LogP contribution is 2.29. The number of ether oxygens (including phenoxy) is 1. The third kappa shape index (κ3) is 8.73. The highest BCUT2D eigenvalue weighted by Gasteiger charge is 2.33. The van der Waals surface area contributed by atoms with Crippen LogP contribution in [0.1, 0.15) is 23.2 Å². The molecule has 2 rings (SSSR count). The van der Waals surface area contributed by atoms with Crippen molar-refractivity contribution < 1.29 is 22.7 Å². The van der Waals surface area contributed by atoms with Crippen molar-refractivity contribution in [2.75, 3.05) is 25.5 Å². The van der Waals surface area contributed by atoms with Crippen LogP contribution >= 0.6 is 35.3 Å². The van der Waals surface area contributed by atoms with Crippen LogP contribution in [0.15, 0.2) is 34.6 Å². The molecule has 0 saturated heterocycles. The van der Waals surface area contributed by atoms with Crippen LogP contribution in [0, 0.1) is 0 Å². The van der Waals surface area contributed by atoms with Gasteiger partial charge in [0.2, 0.25) is 0 Å². The van der Waals surface area contributed by atoms with Gasteiger partial charge in [-0.05, 0) is 24.6 Å². The van der Waals surface area contributed by atoms with Gasteiger partial charge in [-0.15, -0.1) is 35.3 Å². The minimum absolute atomic E-state index is 0. The number of benzene rings is 1. The number of alkyl halides is 3. The van der Waals surface area contributed by atoms with Gasteiger partial charge in [0, 0.05) is 30.6 Å². The molecular weight excluding hydrogens is 534 g/mol. The predicted molar refractivity (Wildman–Crippen MR) is 122 cm³/mol. The Hall–Kier alpha value is -2.09. The summed E-state index contributed by atoms with van der Waals surface area (Å²) in [5, 5.41) is 10.2. The van der Waals surface area contributed by atoms with Crippen molar-refractivity contribution in [2.45, 2.75) is 26.1 Å². The molecule has 1 amide bonds. The summed E-state index contributed by atoms with van der Waals surface area (Å²) in [5.74, 6) is 0.553. The fourth-order valence-corrected chi connectivity index (χ4v) is 3.02. The number of aliphatic imine (C=N–C) groups is 1. The van der Waals surface area contributed by atoms with E-state index in [1.807, 2.05) is 19.1 Å². The first-order valence-corrected chi connectivity index (χ1v) is 9.67. The van der Waals surface area contributed by atoms with Gasteiger partial charge < -0.3 is 15.4 Å². The van der Waals surface area contributed by atoms with Crippen LogP contribution in [0.25, 0.3) is 0 Å². The Labute approximate surface area is 193 Å². The summed E-state index contributed by atoms with van der Waals surface area (Å²) < 4.78 is 42.3. The molecule has 1 aromatic heterocycles. The Morgan fingerprint density at radius 1 is 1.23 bits per heavy atom. The van der Waals surface area contributed by atoms with Gasteiger partial charge in [0.05, 0.1) is 18.7 Å². The topological polar surface area (TPSA) is 87.6 Å². The third-order valence-corrected chi connectivity index (χ3v) is 4.53. The first kappa shape index (κ1) is 25.9. The molecule has 0 aliphatic heterocycles. The normalized spacial score (nSPS) is 11.4. The number of guanidine groups is 1. The number of thiazole rings is 1. The number of rotatable bonds is 7. The quantitative estimate of drug-likeness (QED) is 0.269. The zero-order valence-electron chi connectivity index (χ0n) is 16.4. The minimum atomic E-state index is -4.42. The summed E-state index contributed by atoms with van der Waals surface area (Å²) in [6, 6.07) is 7.13. The summed E-state index contributed by atoms with van der Waals surface area (Å²) in [6.07, 6.45) is -4.60. The Kier molecular flexibility index (Phi) is 10.9. The number of hydrogen-bond donors (Lipinski definition) is 3. The highest BCUT2D eigenvalue weighted by molar-refractivity contribution is 14.0. The second-order valence-corrected chi connectivity index (χ2v) is 6.75. The summed E-state index contributed by atoms with van der Waals surface area (Å²) in [5.41, 5.74) is 0.673. The lowest BCUT2D eigenvalue weighted by Crippen LogP contribution is -2.38. The largest absolute Gasteiger partial charge is 0.453 e. The number of hydrogen-bond acceptors (Lipinski definition) is 5. The maximum absolute atomic E-state index is 12.6. The molecule has 1 heterocycles. The van der Waals surface area contributed by atoms with Crippen molar-refractivity contribution in [1.82, 2.24) is 15.6 Å². The molecule has 30 heavy (non-hydrogen) atoms. The van der Waals surface area contributed by atoms with Crippen LogP contribution in [-0.2, 0) is 23.9 Å². The monoisotopic (exact) mass is 557 g/mol. The molecule has 166 valence electrons. The fraction of sp³-hybridized carbons (Fsp3) is 0.389. The number of methoxy groups -OCH3 is 1. The van der Waals surface area contributed by atoms with Gasteiger partial charge in [-0.2, -0.15) is 13.2 Å². The Morgan fingerprint density at radius 3 is 2.50 bits per heavy atom. The molecule has 0 aliphatic rings. The maximum Gasteiger partial charge on any atom is 0.434 e. The van der Waals surface area contributed by atoms with Gasteiger partial charge in [0.25, 0.3) is 0 Å². The average molecular weight is 557 g/mol. The smallest absolute Gasteiger partial charge is 0.434 e. The molecule has 0 unspecified atom stereocenters. The molecule has 0 aliphatic carbocycles. The van der Waals surface area contributed by atoms with E-state index < -0.39 is 18.0 Å². The zero-order valence-corrected chi connectivity index (χ0v) is 19.5. The number of aromatic nitrogens is 1. The van der Waals surface area contributed by atoms with Crippen molar-refractivity contribution in [1.29, 1.82) is 0 Å². The summed E-state index contributed by atoms with van der Waals surface area (Å²) in [6.45, 7) is 3.35. The summed E-state index contributed by atoms with van der Waals surface area (Å²) in [4.78, 5) is 19.2. The Balaban J connectivity index is 0.00000450. The predicted octanol–water partition coefficient (Wildman–Crippen LogP) is 4.26. The van der Waals surface area contributed by atoms with Crippen molar-refractivity contribution in [2.24, 2.45) is 4.99 Å². The number of nitrogens with one attached hydrogen (secondary N) is 3. The van der Waals surface area contributed by atoms with E-state index in [4.69, 9.17) is 0 Å². The average Bonchev–Trinajstić information content (AvgIpc) is 3.16. The van der Waals surface area contributed by atoms with Gasteiger partial charge in [0.1, 0.15) is 0 Å². The lowest BCUT2D eigenvalue weighted by atomic mass is 10.2. The van der Waals surface area contributed by atoms with Crippen molar-refractivity contribution >= 4 is 53.1 Å². The molecule has 7 nitrogen and oxygen atoms in total. The second kappa shape index (κ2) is 12.6. The highest BCUT2D eigenvalue weighted by atomic mass is 127. The van der Waals surface area contributed by atoms with Gasteiger partial charge >= 0.3 is 12.3 Å². The molecule has 0 saturated carbocycles. The van der Waals surface area contributed by atoms with E-state index in [0.29, 0.717) is 42.7 Å². The summed E-state index contributed by atoms with van der Waals surface area (Å²) >= 11 is 0.988. The van der Waals surface area contributed by atoms with Crippen LogP contribution < -0.4 is 16.0 Å². The maximum atomic E-state index is 12.6. The van der Waals surface area contributed by atoms with Crippen LogP contribution in [0.5, 0.6) is 0 Å². The molecular formula is C18H23F3IN5O2S. The summed E-state index contributed by atoms with van der Waals surface area (Å²) in [7, 11) is 1.29. The molecule has 0 radical (unpaired) electrons. The molecule has 1 aromatic carbocycles. The number of carbonyl (C=O) groups excluding carboxylic acids is 1. The molecule has 0 bridgehead atoms.